The highest BCUT2D eigenvalue weighted by molar-refractivity contribution is 7.86. The molecule has 0 aliphatic rings. The molecule has 0 amide bonds. The second-order valence-corrected chi connectivity index (χ2v) is 10.2. The Kier molecular flexibility index (Phi) is 6.51. The van der Waals surface area contributed by atoms with Gasteiger partial charge in [-0.1, -0.05) is 24.3 Å². The molecule has 0 aliphatic carbocycles. The fraction of sp³-hybridized carbons (Fsp3) is 0. The van der Waals surface area contributed by atoms with E-state index in [0.29, 0.717) is 11.1 Å². The molecule has 0 aliphatic heterocycles. The summed E-state index contributed by atoms with van der Waals surface area (Å²) in [7, 11) is -8.85. The van der Waals surface area contributed by atoms with E-state index in [2.05, 4.69) is 21.1 Å². The zero-order valence-corrected chi connectivity index (χ0v) is 19.6. The summed E-state index contributed by atoms with van der Waals surface area (Å²) in [6.07, 6.45) is 0. The smallest absolute Gasteiger partial charge is 0.287 e. The zero-order valence-electron chi connectivity index (χ0n) is 18.0. The summed E-state index contributed by atoms with van der Waals surface area (Å²) >= 11 is 0. The third kappa shape index (κ3) is 5.21. The SMILES string of the molecule is O=c1ccc(=NNc2ccc(S(=O)(=O)O)c3ccccc23)c(=O)c1=NNc1ccc(S(=O)(=O)O)cc1. The molecule has 0 heterocycles. The predicted octanol–water partition coefficient (Wildman–Crippen LogP) is 0.785. The molecule has 0 saturated carbocycles. The first kappa shape index (κ1) is 24.9. The third-order valence-electron chi connectivity index (χ3n) is 4.98. The highest BCUT2D eigenvalue weighted by Crippen LogP contribution is 2.29. The first-order valence-electron chi connectivity index (χ1n) is 9.96. The van der Waals surface area contributed by atoms with Crippen LogP contribution in [0.1, 0.15) is 0 Å². The lowest BCUT2D eigenvalue weighted by Gasteiger charge is -2.08. The van der Waals surface area contributed by atoms with Crippen LogP contribution in [0.3, 0.4) is 0 Å². The van der Waals surface area contributed by atoms with Gasteiger partial charge in [-0.3, -0.25) is 29.5 Å². The van der Waals surface area contributed by atoms with Gasteiger partial charge < -0.3 is 0 Å². The first-order chi connectivity index (χ1) is 16.9. The van der Waals surface area contributed by atoms with Crippen molar-refractivity contribution in [3.8, 4) is 0 Å². The van der Waals surface area contributed by atoms with Crippen molar-refractivity contribution in [3.05, 3.63) is 104 Å². The fourth-order valence-electron chi connectivity index (χ4n) is 3.27. The minimum absolute atomic E-state index is 0.167. The summed E-state index contributed by atoms with van der Waals surface area (Å²) in [5, 5.41) is 7.81. The summed E-state index contributed by atoms with van der Waals surface area (Å²) in [4.78, 5) is 24.3. The maximum Gasteiger partial charge on any atom is 0.295 e. The van der Waals surface area contributed by atoms with Crippen molar-refractivity contribution in [2.45, 2.75) is 9.79 Å². The number of hydrogen-bond donors (Lipinski definition) is 4. The van der Waals surface area contributed by atoms with Gasteiger partial charge in [-0.25, -0.2) is 0 Å². The number of benzene rings is 4. The van der Waals surface area contributed by atoms with Crippen LogP contribution < -0.4 is 32.4 Å². The molecule has 0 radical (unpaired) electrons. The van der Waals surface area contributed by atoms with Gasteiger partial charge in [0.25, 0.3) is 20.2 Å². The van der Waals surface area contributed by atoms with Crippen molar-refractivity contribution in [2.75, 3.05) is 10.9 Å². The van der Waals surface area contributed by atoms with Gasteiger partial charge in [0.15, 0.2) is 5.36 Å². The number of fused-ring (bicyclic) bond motifs is 1. The Morgan fingerprint density at radius 3 is 1.97 bits per heavy atom. The van der Waals surface area contributed by atoms with E-state index in [-0.39, 0.29) is 26.2 Å². The van der Waals surface area contributed by atoms with Gasteiger partial charge in [0.1, 0.15) is 10.3 Å². The standard InChI is InChI=1S/C22H16N4O8S2/c27-19-11-9-18(22(28)21(19)26-23-13-5-7-14(8-6-13)35(29,30)31)25-24-17-10-12-20(36(32,33)34)16-4-2-1-3-15(16)17/h1-12,23-24H,(H,29,30,31)(H,32,33,34). The van der Waals surface area contributed by atoms with Crippen molar-refractivity contribution < 1.29 is 25.9 Å². The Balaban J connectivity index is 1.70. The van der Waals surface area contributed by atoms with Crippen molar-refractivity contribution in [3.63, 3.8) is 0 Å². The van der Waals surface area contributed by atoms with Crippen molar-refractivity contribution in [2.24, 2.45) is 10.2 Å². The second-order valence-electron chi connectivity index (χ2n) is 7.34. The lowest BCUT2D eigenvalue weighted by Crippen LogP contribution is -2.47. The second kappa shape index (κ2) is 9.43. The zero-order chi connectivity index (χ0) is 26.1. The molecule has 12 nitrogen and oxygen atoms in total. The summed E-state index contributed by atoms with van der Waals surface area (Å²) in [6.45, 7) is 0. The lowest BCUT2D eigenvalue weighted by atomic mass is 10.1. The van der Waals surface area contributed by atoms with Crippen LogP contribution in [0.25, 0.3) is 10.8 Å². The van der Waals surface area contributed by atoms with Gasteiger partial charge in [-0.2, -0.15) is 27.0 Å². The summed E-state index contributed by atoms with van der Waals surface area (Å²) < 4.78 is 64.1. The number of rotatable bonds is 6. The average Bonchev–Trinajstić information content (AvgIpc) is 2.82. The summed E-state index contributed by atoms with van der Waals surface area (Å²) in [5.74, 6) is 0. The van der Waals surface area contributed by atoms with Crippen LogP contribution in [-0.4, -0.2) is 25.9 Å². The molecule has 4 rings (SSSR count). The van der Waals surface area contributed by atoms with E-state index in [0.717, 1.165) is 18.2 Å². The maximum atomic E-state index is 12.8. The summed E-state index contributed by atoms with van der Waals surface area (Å²) in [5.41, 5.74) is 4.22. The van der Waals surface area contributed by atoms with E-state index in [1.165, 1.54) is 36.4 Å². The predicted molar refractivity (Wildman–Crippen MR) is 130 cm³/mol. The number of nitrogens with one attached hydrogen (secondary N) is 2. The first-order valence-corrected chi connectivity index (χ1v) is 12.8. The van der Waals surface area contributed by atoms with Crippen molar-refractivity contribution in [1.82, 2.24) is 0 Å². The van der Waals surface area contributed by atoms with Crippen LogP contribution in [-0.2, 0) is 20.2 Å². The highest BCUT2D eigenvalue weighted by Gasteiger charge is 2.15. The van der Waals surface area contributed by atoms with Gasteiger partial charge in [-0.05, 0) is 48.5 Å². The Morgan fingerprint density at radius 1 is 0.667 bits per heavy atom. The van der Waals surface area contributed by atoms with Crippen LogP contribution in [0.2, 0.25) is 0 Å². The monoisotopic (exact) mass is 528 g/mol. The molecule has 4 aromatic carbocycles. The molecule has 36 heavy (non-hydrogen) atoms. The molecule has 0 saturated heterocycles. The molecule has 0 unspecified atom stereocenters. The van der Waals surface area contributed by atoms with Crippen LogP contribution in [0.15, 0.2) is 102 Å². The highest BCUT2D eigenvalue weighted by atomic mass is 32.2. The Labute approximate surface area is 203 Å². The Hall–Kier alpha value is -4.24. The van der Waals surface area contributed by atoms with Gasteiger partial charge in [-0.15, -0.1) is 0 Å². The molecule has 0 fully saturated rings. The molecule has 0 bridgehead atoms. The van der Waals surface area contributed by atoms with Gasteiger partial charge in [0.2, 0.25) is 10.9 Å². The van der Waals surface area contributed by atoms with E-state index >= 15 is 0 Å². The Morgan fingerprint density at radius 2 is 1.33 bits per heavy atom. The van der Waals surface area contributed by atoms with Crippen LogP contribution in [0, 0.1) is 0 Å². The van der Waals surface area contributed by atoms with Crippen molar-refractivity contribution in [1.29, 1.82) is 0 Å². The maximum absolute atomic E-state index is 12.8. The van der Waals surface area contributed by atoms with Crippen LogP contribution in [0.5, 0.6) is 0 Å². The molecular formula is C22H16N4O8S2. The lowest BCUT2D eigenvalue weighted by molar-refractivity contribution is 0.481. The molecule has 0 aromatic heterocycles. The topological polar surface area (TPSA) is 192 Å². The minimum Gasteiger partial charge on any atom is -0.287 e. The molecule has 14 heteroatoms. The van der Waals surface area contributed by atoms with Gasteiger partial charge in [0, 0.05) is 10.8 Å². The minimum atomic E-state index is -4.47. The van der Waals surface area contributed by atoms with E-state index in [4.69, 9.17) is 4.55 Å². The Bertz CT molecular complexity index is 1930. The fourth-order valence-corrected chi connectivity index (χ4v) is 4.45. The largest absolute Gasteiger partial charge is 0.295 e. The summed E-state index contributed by atoms with van der Waals surface area (Å²) in [6, 6.07) is 15.9. The van der Waals surface area contributed by atoms with E-state index in [1.54, 1.807) is 18.2 Å². The molecular weight excluding hydrogens is 512 g/mol. The van der Waals surface area contributed by atoms with Crippen LogP contribution in [0.4, 0.5) is 11.4 Å². The van der Waals surface area contributed by atoms with E-state index in [1.807, 2.05) is 0 Å². The quantitative estimate of drug-likeness (QED) is 0.205. The molecule has 4 aromatic rings. The number of anilines is 2. The van der Waals surface area contributed by atoms with Gasteiger partial charge >= 0.3 is 0 Å². The van der Waals surface area contributed by atoms with E-state index < -0.39 is 36.5 Å². The van der Waals surface area contributed by atoms with E-state index in [9.17, 15) is 31.0 Å². The molecule has 4 N–H and O–H groups in total. The average molecular weight is 529 g/mol. The number of hydrogen-bond acceptors (Lipinski definition) is 10. The normalized spacial score (nSPS) is 13.2. The molecule has 0 atom stereocenters. The van der Waals surface area contributed by atoms with Gasteiger partial charge in [0.05, 0.1) is 16.3 Å². The van der Waals surface area contributed by atoms with Crippen molar-refractivity contribution >= 4 is 42.4 Å². The number of nitrogens with zero attached hydrogens (tertiary/aromatic N) is 2. The third-order valence-corrected chi connectivity index (χ3v) is 6.76. The molecule has 0 spiro atoms. The van der Waals surface area contributed by atoms with Crippen LogP contribution >= 0.6 is 0 Å². The molecule has 184 valence electrons.